The molecule has 0 unspecified atom stereocenters. The van der Waals surface area contributed by atoms with Gasteiger partial charge in [-0.15, -0.1) is 0 Å². The van der Waals surface area contributed by atoms with Gasteiger partial charge in [-0.25, -0.2) is 9.78 Å². The average Bonchev–Trinajstić information content (AvgIpc) is 3.54. The minimum atomic E-state index is -1.20. The minimum Gasteiger partial charge on any atom is -0.476 e. The number of imidazole rings is 1. The molecule has 3 heterocycles. The molecule has 3 atom stereocenters. The Bertz CT molecular complexity index is 1220. The van der Waals surface area contributed by atoms with Crippen LogP contribution in [0.25, 0.3) is 5.65 Å². The van der Waals surface area contributed by atoms with Gasteiger partial charge in [0.15, 0.2) is 11.5 Å². The summed E-state index contributed by atoms with van der Waals surface area (Å²) in [6, 6.07) is 3.02. The normalized spacial score (nSPS) is 27.1. The Labute approximate surface area is 234 Å². The largest absolute Gasteiger partial charge is 0.476 e. The maximum atomic E-state index is 14.0. The molecule has 39 heavy (non-hydrogen) atoms. The lowest BCUT2D eigenvalue weighted by Gasteiger charge is -2.37. The van der Waals surface area contributed by atoms with Crippen molar-refractivity contribution in [3.05, 3.63) is 34.7 Å². The number of amides is 1. The van der Waals surface area contributed by atoms with Gasteiger partial charge < -0.3 is 10.0 Å². The number of carboxylic acid groups (broad SMARTS) is 1. The third kappa shape index (κ3) is 5.72. The van der Waals surface area contributed by atoms with Crippen molar-refractivity contribution < 1.29 is 23.9 Å². The fraction of sp³-hybridized carbons (Fsp3) is 0.667. The molecule has 3 aliphatic rings. The summed E-state index contributed by atoms with van der Waals surface area (Å²) >= 11 is 6.26. The molecule has 3 fully saturated rings. The predicted molar refractivity (Wildman–Crippen MR) is 147 cm³/mol. The van der Waals surface area contributed by atoms with E-state index < -0.39 is 12.0 Å². The Morgan fingerprint density at radius 2 is 1.79 bits per heavy atom. The quantitative estimate of drug-likeness (QED) is 0.428. The van der Waals surface area contributed by atoms with E-state index in [1.54, 1.807) is 18.3 Å². The fourth-order valence-corrected chi connectivity index (χ4v) is 7.69. The van der Waals surface area contributed by atoms with Crippen molar-refractivity contribution in [1.82, 2.24) is 14.3 Å². The Morgan fingerprint density at radius 3 is 2.46 bits per heavy atom. The van der Waals surface area contributed by atoms with Gasteiger partial charge >= 0.3 is 5.97 Å². The molecular formula is C30H39ClFN3O4. The maximum Gasteiger partial charge on any atom is 0.357 e. The number of halogens is 2. The lowest BCUT2D eigenvalue weighted by atomic mass is 9.74. The summed E-state index contributed by atoms with van der Waals surface area (Å²) in [6.45, 7) is 2.25. The number of likely N-dealkylation sites (tertiary alicyclic amines) is 1. The number of carbonyl (C=O) groups excluding carboxylic acids is 2. The molecule has 0 aromatic carbocycles. The monoisotopic (exact) mass is 559 g/mol. The van der Waals surface area contributed by atoms with Crippen molar-refractivity contribution in [3.8, 4) is 0 Å². The molecule has 9 heteroatoms. The van der Waals surface area contributed by atoms with Gasteiger partial charge in [0.05, 0.1) is 12.7 Å². The topological polar surface area (TPSA) is 92.0 Å². The molecule has 2 aliphatic carbocycles. The second-order valence-corrected chi connectivity index (χ2v) is 12.4. The van der Waals surface area contributed by atoms with Crippen LogP contribution in [-0.4, -0.2) is 56.3 Å². The van der Waals surface area contributed by atoms with Crippen LogP contribution in [0.4, 0.5) is 4.39 Å². The third-order valence-corrected chi connectivity index (χ3v) is 10.0. The smallest absolute Gasteiger partial charge is 0.357 e. The van der Waals surface area contributed by atoms with E-state index in [1.807, 2.05) is 11.8 Å². The molecule has 1 aliphatic heterocycles. The number of nitrogens with zero attached hydrogens (tertiary/aromatic N) is 3. The highest BCUT2D eigenvalue weighted by Gasteiger charge is 2.46. The van der Waals surface area contributed by atoms with E-state index in [9.17, 15) is 23.9 Å². The van der Waals surface area contributed by atoms with Crippen molar-refractivity contribution >= 4 is 34.9 Å². The summed E-state index contributed by atoms with van der Waals surface area (Å²) in [5, 5.41) is 9.35. The molecule has 1 amide bonds. The predicted octanol–water partition coefficient (Wildman–Crippen LogP) is 6.01. The molecule has 1 saturated heterocycles. The zero-order valence-electron chi connectivity index (χ0n) is 22.7. The molecule has 5 rings (SSSR count). The lowest BCUT2D eigenvalue weighted by Crippen LogP contribution is -2.48. The number of fused-ring (bicyclic) bond motifs is 1. The van der Waals surface area contributed by atoms with Gasteiger partial charge in [0.1, 0.15) is 10.8 Å². The molecule has 212 valence electrons. The van der Waals surface area contributed by atoms with Crippen molar-refractivity contribution in [2.45, 2.75) is 83.6 Å². The number of carbonyl (C=O) groups is 3. The van der Waals surface area contributed by atoms with Crippen LogP contribution >= 0.6 is 11.6 Å². The number of ketones is 1. The van der Waals surface area contributed by atoms with Crippen LogP contribution in [0.5, 0.6) is 0 Å². The first-order chi connectivity index (χ1) is 18.8. The summed E-state index contributed by atoms with van der Waals surface area (Å²) in [4.78, 5) is 45.2. The number of hydrogen-bond acceptors (Lipinski definition) is 4. The standard InChI is InChI=1S/C30H39ClFN3O4/c1-18(16-32)20-8-10-22(11-9-20)29(37)34-14-13-23(21-5-3-2-4-6-21)27(34)24(36)15-19-7-12-25-33-26(30(38)39)28(31)35(25)17-19/h7,12,17-18,20-23,27H,2-6,8-11,13-16H2,1H3,(H,38,39)/t18-,20?,22?,23+,27+/m1/s1. The number of hydrogen-bond donors (Lipinski definition) is 1. The zero-order valence-corrected chi connectivity index (χ0v) is 23.4. The van der Waals surface area contributed by atoms with Crippen LogP contribution in [0.1, 0.15) is 87.2 Å². The lowest BCUT2D eigenvalue weighted by molar-refractivity contribution is -0.143. The van der Waals surface area contributed by atoms with Crippen molar-refractivity contribution in [3.63, 3.8) is 0 Å². The molecule has 0 radical (unpaired) electrons. The molecule has 1 N–H and O–H groups in total. The van der Waals surface area contributed by atoms with Gasteiger partial charge in [0, 0.05) is 25.1 Å². The molecule has 2 aromatic heterocycles. The number of Topliss-reactive ketones (excluding diaryl/α,β-unsaturated/α-hetero) is 1. The molecule has 2 saturated carbocycles. The number of pyridine rings is 1. The molecule has 2 aromatic rings. The van der Waals surface area contributed by atoms with E-state index in [2.05, 4.69) is 4.98 Å². The van der Waals surface area contributed by atoms with Gasteiger partial charge in [-0.1, -0.05) is 56.7 Å². The second kappa shape index (κ2) is 11.9. The van der Waals surface area contributed by atoms with E-state index in [0.717, 1.165) is 44.9 Å². The summed E-state index contributed by atoms with van der Waals surface area (Å²) in [7, 11) is 0. The highest BCUT2D eigenvalue weighted by molar-refractivity contribution is 6.32. The second-order valence-electron chi connectivity index (χ2n) is 12.0. The average molecular weight is 560 g/mol. The maximum absolute atomic E-state index is 14.0. The molecule has 0 bridgehead atoms. The Hall–Kier alpha value is -2.48. The molecular weight excluding hydrogens is 521 g/mol. The summed E-state index contributed by atoms with van der Waals surface area (Å²) in [5.41, 5.74) is 0.899. The van der Waals surface area contributed by atoms with Gasteiger partial charge in [-0.2, -0.15) is 0 Å². The van der Waals surface area contributed by atoms with E-state index in [0.29, 0.717) is 29.6 Å². The van der Waals surface area contributed by atoms with E-state index in [-0.39, 0.29) is 53.4 Å². The van der Waals surface area contributed by atoms with Gasteiger partial charge in [-0.05, 0) is 67.4 Å². The van der Waals surface area contributed by atoms with Crippen LogP contribution < -0.4 is 0 Å². The van der Waals surface area contributed by atoms with Gasteiger partial charge in [0.25, 0.3) is 0 Å². The number of rotatable bonds is 8. The number of alkyl halides is 1. The number of aromatic carboxylic acids is 1. The Balaban J connectivity index is 1.36. The summed E-state index contributed by atoms with van der Waals surface area (Å²) in [5.74, 6) is -0.182. The van der Waals surface area contributed by atoms with E-state index >= 15 is 0 Å². The van der Waals surface area contributed by atoms with Gasteiger partial charge in [0.2, 0.25) is 5.91 Å². The molecule has 7 nitrogen and oxygen atoms in total. The van der Waals surface area contributed by atoms with Crippen molar-refractivity contribution in [2.24, 2.45) is 29.6 Å². The van der Waals surface area contributed by atoms with E-state index in [1.165, 1.54) is 23.7 Å². The summed E-state index contributed by atoms with van der Waals surface area (Å²) < 4.78 is 14.7. The first kappa shape index (κ1) is 28.1. The van der Waals surface area contributed by atoms with E-state index in [4.69, 9.17) is 11.6 Å². The first-order valence-electron chi connectivity index (χ1n) is 14.6. The highest BCUT2D eigenvalue weighted by atomic mass is 35.5. The Morgan fingerprint density at radius 1 is 1.08 bits per heavy atom. The van der Waals surface area contributed by atoms with Crippen LogP contribution in [0.3, 0.4) is 0 Å². The zero-order chi connectivity index (χ0) is 27.7. The van der Waals surface area contributed by atoms with Crippen LogP contribution in [0.15, 0.2) is 18.3 Å². The van der Waals surface area contributed by atoms with Crippen LogP contribution in [0, 0.1) is 29.6 Å². The number of carboxylic acids is 1. The SMILES string of the molecule is C[C@H](CF)C1CCC(C(=O)N2CC[C@@H](C3CCCCC3)[C@H]2C(=O)Cc2ccc3nc(C(=O)O)c(Cl)n3c2)CC1. The highest BCUT2D eigenvalue weighted by Crippen LogP contribution is 2.42. The van der Waals surface area contributed by atoms with Crippen LogP contribution in [0.2, 0.25) is 5.15 Å². The number of aromatic nitrogens is 2. The molecule has 0 spiro atoms. The fourth-order valence-electron chi connectivity index (χ4n) is 7.43. The van der Waals surface area contributed by atoms with Gasteiger partial charge in [-0.3, -0.25) is 18.4 Å². The van der Waals surface area contributed by atoms with Crippen molar-refractivity contribution in [2.75, 3.05) is 13.2 Å². The Kier molecular flexibility index (Phi) is 8.60. The first-order valence-corrected chi connectivity index (χ1v) is 14.9. The van der Waals surface area contributed by atoms with Crippen molar-refractivity contribution in [1.29, 1.82) is 0 Å². The third-order valence-electron chi connectivity index (χ3n) is 9.68. The van der Waals surface area contributed by atoms with Crippen LogP contribution in [-0.2, 0) is 16.0 Å². The minimum absolute atomic E-state index is 0.00207. The summed E-state index contributed by atoms with van der Waals surface area (Å²) in [6.07, 6.45) is 11.7.